The largest absolute Gasteiger partial charge is 0.496 e. The highest BCUT2D eigenvalue weighted by atomic mass is 79.9. The van der Waals surface area contributed by atoms with E-state index in [0.29, 0.717) is 0 Å². The highest BCUT2D eigenvalue weighted by Gasteiger charge is 2.29. The minimum Gasteiger partial charge on any atom is -0.496 e. The predicted octanol–water partition coefficient (Wildman–Crippen LogP) is 1.39. The standard InChI is InChI=1S/C10H12BrNO5/c1-17-8-4-2-3-6(12(15)16)9(8)10(14)7(13)5-11/h2-4,7,10,13-14H,5H2,1H3. The summed E-state index contributed by atoms with van der Waals surface area (Å²) in [5.74, 6) is 0.173. The van der Waals surface area contributed by atoms with Crippen LogP contribution in [0.1, 0.15) is 11.7 Å². The number of aliphatic hydroxyl groups is 2. The van der Waals surface area contributed by atoms with Crippen molar-refractivity contribution in [1.29, 1.82) is 0 Å². The zero-order valence-electron chi connectivity index (χ0n) is 9.04. The summed E-state index contributed by atoms with van der Waals surface area (Å²) in [6, 6.07) is 4.20. The highest BCUT2D eigenvalue weighted by molar-refractivity contribution is 9.09. The first kappa shape index (κ1) is 13.9. The van der Waals surface area contributed by atoms with Crippen LogP contribution in [-0.2, 0) is 0 Å². The molecule has 0 spiro atoms. The third kappa shape index (κ3) is 2.93. The van der Waals surface area contributed by atoms with Gasteiger partial charge in [0, 0.05) is 11.4 Å². The minimum absolute atomic E-state index is 0.0213. The number of nitrogens with zero attached hydrogens (tertiary/aromatic N) is 1. The first-order valence-corrected chi connectivity index (χ1v) is 5.88. The number of halogens is 1. The molecule has 0 saturated heterocycles. The van der Waals surface area contributed by atoms with Gasteiger partial charge in [-0.25, -0.2) is 0 Å². The second-order valence-electron chi connectivity index (χ2n) is 3.32. The van der Waals surface area contributed by atoms with Crippen molar-refractivity contribution in [3.63, 3.8) is 0 Å². The third-order valence-electron chi connectivity index (χ3n) is 2.28. The lowest BCUT2D eigenvalue weighted by Gasteiger charge is -2.18. The average molecular weight is 306 g/mol. The molecule has 0 saturated carbocycles. The van der Waals surface area contributed by atoms with Crippen LogP contribution >= 0.6 is 15.9 Å². The third-order valence-corrected chi connectivity index (χ3v) is 2.94. The number of alkyl halides is 1. The summed E-state index contributed by atoms with van der Waals surface area (Å²) in [6.45, 7) is 0. The van der Waals surface area contributed by atoms with Gasteiger partial charge in [-0.3, -0.25) is 10.1 Å². The van der Waals surface area contributed by atoms with Crippen molar-refractivity contribution >= 4 is 21.6 Å². The zero-order valence-corrected chi connectivity index (χ0v) is 10.6. The van der Waals surface area contributed by atoms with Gasteiger partial charge in [0.05, 0.1) is 18.1 Å². The molecule has 1 rings (SSSR count). The highest BCUT2D eigenvalue weighted by Crippen LogP contribution is 2.35. The van der Waals surface area contributed by atoms with Gasteiger partial charge < -0.3 is 14.9 Å². The van der Waals surface area contributed by atoms with Crippen LogP contribution in [0.25, 0.3) is 0 Å². The van der Waals surface area contributed by atoms with Crippen LogP contribution in [0.5, 0.6) is 5.75 Å². The van der Waals surface area contributed by atoms with Crippen molar-refractivity contribution < 1.29 is 19.9 Å². The Kier molecular flexibility index (Phi) is 4.86. The van der Waals surface area contributed by atoms with Gasteiger partial charge >= 0.3 is 0 Å². The summed E-state index contributed by atoms with van der Waals surface area (Å²) in [5.41, 5.74) is -0.302. The van der Waals surface area contributed by atoms with Crippen LogP contribution in [0.15, 0.2) is 18.2 Å². The Hall–Kier alpha value is -1.18. The van der Waals surface area contributed by atoms with Gasteiger partial charge in [0.2, 0.25) is 0 Å². The van der Waals surface area contributed by atoms with E-state index in [1.165, 1.54) is 25.3 Å². The molecule has 0 aliphatic carbocycles. The van der Waals surface area contributed by atoms with Gasteiger partial charge in [-0.1, -0.05) is 22.0 Å². The molecule has 0 bridgehead atoms. The van der Waals surface area contributed by atoms with E-state index in [2.05, 4.69) is 15.9 Å². The molecule has 2 N–H and O–H groups in total. The lowest BCUT2D eigenvalue weighted by Crippen LogP contribution is -2.21. The Morgan fingerprint density at radius 2 is 2.18 bits per heavy atom. The second kappa shape index (κ2) is 5.95. The van der Waals surface area contributed by atoms with E-state index in [9.17, 15) is 20.3 Å². The monoisotopic (exact) mass is 305 g/mol. The van der Waals surface area contributed by atoms with Crippen molar-refractivity contribution in [1.82, 2.24) is 0 Å². The summed E-state index contributed by atoms with van der Waals surface area (Å²) in [5, 5.41) is 30.3. The normalized spacial score (nSPS) is 14.1. The number of ether oxygens (including phenoxy) is 1. The van der Waals surface area contributed by atoms with E-state index in [1.54, 1.807) is 0 Å². The molecule has 0 heterocycles. The molecule has 0 aliphatic heterocycles. The van der Waals surface area contributed by atoms with Crippen molar-refractivity contribution in [3.8, 4) is 5.75 Å². The van der Waals surface area contributed by atoms with Crippen molar-refractivity contribution in [2.45, 2.75) is 12.2 Å². The number of nitro groups is 1. The molecule has 17 heavy (non-hydrogen) atoms. The van der Waals surface area contributed by atoms with Crippen LogP contribution in [-0.4, -0.2) is 33.7 Å². The van der Waals surface area contributed by atoms with Gasteiger partial charge in [0.25, 0.3) is 5.69 Å². The first-order valence-electron chi connectivity index (χ1n) is 4.76. The smallest absolute Gasteiger partial charge is 0.279 e. The summed E-state index contributed by atoms with van der Waals surface area (Å²) >= 11 is 3.00. The van der Waals surface area contributed by atoms with E-state index < -0.39 is 17.1 Å². The fraction of sp³-hybridized carbons (Fsp3) is 0.400. The molecule has 0 aromatic heterocycles. The molecule has 6 nitrogen and oxygen atoms in total. The van der Waals surface area contributed by atoms with Crippen molar-refractivity contribution in [2.75, 3.05) is 12.4 Å². The maximum Gasteiger partial charge on any atom is 0.279 e. The van der Waals surface area contributed by atoms with Gasteiger partial charge in [0.15, 0.2) is 0 Å². The maximum atomic E-state index is 10.9. The predicted molar refractivity (Wildman–Crippen MR) is 64.4 cm³/mol. The molecule has 7 heteroatoms. The SMILES string of the molecule is COc1cccc([N+](=O)[O-])c1C(O)C(O)CBr. The Labute approximate surface area is 106 Å². The molecular weight excluding hydrogens is 294 g/mol. The van der Waals surface area contributed by atoms with Crippen molar-refractivity contribution in [2.24, 2.45) is 0 Å². The number of aliphatic hydroxyl groups excluding tert-OH is 2. The fourth-order valence-electron chi connectivity index (χ4n) is 1.44. The topological polar surface area (TPSA) is 92.8 Å². The Bertz CT molecular complexity index is 412. The quantitative estimate of drug-likeness (QED) is 0.487. The van der Waals surface area contributed by atoms with Gasteiger partial charge in [-0.05, 0) is 6.07 Å². The van der Waals surface area contributed by atoms with Gasteiger partial charge in [-0.2, -0.15) is 0 Å². The molecule has 94 valence electrons. The number of benzene rings is 1. The van der Waals surface area contributed by atoms with E-state index >= 15 is 0 Å². The lowest BCUT2D eigenvalue weighted by molar-refractivity contribution is -0.386. The molecule has 0 aliphatic rings. The van der Waals surface area contributed by atoms with Crippen LogP contribution in [0.4, 0.5) is 5.69 Å². The molecule has 0 radical (unpaired) electrons. The molecular formula is C10H12BrNO5. The van der Waals surface area contributed by atoms with E-state index in [1.807, 2.05) is 0 Å². The lowest BCUT2D eigenvalue weighted by atomic mass is 10.0. The average Bonchev–Trinajstić information content (AvgIpc) is 2.35. The second-order valence-corrected chi connectivity index (χ2v) is 3.96. The Morgan fingerprint density at radius 3 is 2.65 bits per heavy atom. The van der Waals surface area contributed by atoms with E-state index in [0.717, 1.165) is 0 Å². The molecule has 1 aromatic carbocycles. The minimum atomic E-state index is -1.38. The van der Waals surface area contributed by atoms with Crippen LogP contribution < -0.4 is 4.74 Å². The molecule has 0 fully saturated rings. The summed E-state index contributed by atoms with van der Waals surface area (Å²) < 4.78 is 4.96. The number of rotatable bonds is 5. The van der Waals surface area contributed by atoms with Crippen molar-refractivity contribution in [3.05, 3.63) is 33.9 Å². The first-order chi connectivity index (χ1) is 8.02. The Morgan fingerprint density at radius 1 is 1.53 bits per heavy atom. The van der Waals surface area contributed by atoms with Crippen LogP contribution in [0, 0.1) is 10.1 Å². The zero-order chi connectivity index (χ0) is 13.0. The van der Waals surface area contributed by atoms with Crippen LogP contribution in [0.2, 0.25) is 0 Å². The fourth-order valence-corrected chi connectivity index (χ4v) is 1.80. The summed E-state index contributed by atoms with van der Waals surface area (Å²) in [6.07, 6.45) is -2.53. The number of hydrogen-bond acceptors (Lipinski definition) is 5. The van der Waals surface area contributed by atoms with Gasteiger partial charge in [0.1, 0.15) is 17.4 Å². The van der Waals surface area contributed by atoms with E-state index in [4.69, 9.17) is 4.74 Å². The Balaban J connectivity index is 3.31. The molecule has 0 amide bonds. The number of nitro benzene ring substituents is 1. The molecule has 1 aromatic rings. The molecule has 2 atom stereocenters. The van der Waals surface area contributed by atoms with Gasteiger partial charge in [-0.15, -0.1) is 0 Å². The summed E-state index contributed by atoms with van der Waals surface area (Å²) in [4.78, 5) is 10.2. The van der Waals surface area contributed by atoms with Crippen LogP contribution in [0.3, 0.4) is 0 Å². The summed E-state index contributed by atoms with van der Waals surface area (Å²) in [7, 11) is 1.34. The van der Waals surface area contributed by atoms with E-state index in [-0.39, 0.29) is 22.3 Å². The molecule has 2 unspecified atom stereocenters. The number of hydrogen-bond donors (Lipinski definition) is 2. The number of methoxy groups -OCH3 is 1. The maximum absolute atomic E-state index is 10.9.